The summed E-state index contributed by atoms with van der Waals surface area (Å²) in [5, 5.41) is 14.5. The number of rotatable bonds is 9. The predicted molar refractivity (Wildman–Crippen MR) is 74.3 cm³/mol. The first-order valence-corrected chi connectivity index (χ1v) is 7.04. The quantitative estimate of drug-likeness (QED) is 0.517. The Balaban J connectivity index is 2.21. The van der Waals surface area contributed by atoms with Gasteiger partial charge in [0, 0.05) is 46.3 Å². The van der Waals surface area contributed by atoms with E-state index in [1.54, 1.807) is 7.11 Å². The van der Waals surface area contributed by atoms with E-state index in [9.17, 15) is 14.7 Å². The van der Waals surface area contributed by atoms with E-state index >= 15 is 0 Å². The van der Waals surface area contributed by atoms with E-state index < -0.39 is 17.5 Å². The first-order chi connectivity index (χ1) is 10.1. The first kappa shape index (κ1) is 17.7. The van der Waals surface area contributed by atoms with E-state index in [1.165, 1.54) is 0 Å². The van der Waals surface area contributed by atoms with Crippen molar-refractivity contribution in [1.82, 2.24) is 10.6 Å². The second-order valence-corrected chi connectivity index (χ2v) is 4.84. The standard InChI is InChI=1S/C13H24N2O6/c1-19-9-10-20-6-2-5-14-12(18)15-13(11(16)17)3-7-21-8-4-13/h2-10H2,1H3,(H,16,17)(H2,14,15,18). The molecule has 0 saturated carbocycles. The zero-order valence-electron chi connectivity index (χ0n) is 12.4. The smallest absolute Gasteiger partial charge is 0.329 e. The van der Waals surface area contributed by atoms with E-state index in [4.69, 9.17) is 14.2 Å². The summed E-state index contributed by atoms with van der Waals surface area (Å²) in [6.07, 6.45) is 1.20. The van der Waals surface area contributed by atoms with Crippen molar-refractivity contribution in [3.63, 3.8) is 0 Å². The van der Waals surface area contributed by atoms with Crippen molar-refractivity contribution in [2.75, 3.05) is 46.7 Å². The lowest BCUT2D eigenvalue weighted by atomic mass is 9.90. The monoisotopic (exact) mass is 304 g/mol. The van der Waals surface area contributed by atoms with Gasteiger partial charge in [0.25, 0.3) is 0 Å². The van der Waals surface area contributed by atoms with Crippen LogP contribution in [-0.2, 0) is 19.0 Å². The van der Waals surface area contributed by atoms with E-state index in [-0.39, 0.29) is 12.8 Å². The van der Waals surface area contributed by atoms with Crippen molar-refractivity contribution in [3.05, 3.63) is 0 Å². The minimum absolute atomic E-state index is 0.274. The third-order valence-electron chi connectivity index (χ3n) is 3.29. The number of hydrogen-bond acceptors (Lipinski definition) is 5. The van der Waals surface area contributed by atoms with Crippen LogP contribution < -0.4 is 10.6 Å². The molecule has 0 bridgehead atoms. The molecule has 0 aliphatic carbocycles. The van der Waals surface area contributed by atoms with E-state index in [0.717, 1.165) is 0 Å². The van der Waals surface area contributed by atoms with E-state index in [1.807, 2.05) is 0 Å². The zero-order chi connectivity index (χ0) is 15.6. The van der Waals surface area contributed by atoms with Crippen LogP contribution >= 0.6 is 0 Å². The molecule has 0 aromatic heterocycles. The molecule has 0 unspecified atom stereocenters. The molecule has 8 nitrogen and oxygen atoms in total. The van der Waals surface area contributed by atoms with Gasteiger partial charge in [-0.05, 0) is 6.42 Å². The number of carbonyl (C=O) groups excluding carboxylic acids is 1. The lowest BCUT2D eigenvalue weighted by Crippen LogP contribution is -2.59. The lowest BCUT2D eigenvalue weighted by molar-refractivity contribution is -0.148. The average Bonchev–Trinajstić information content (AvgIpc) is 2.47. The Labute approximate surface area is 124 Å². The highest BCUT2D eigenvalue weighted by Crippen LogP contribution is 2.20. The maximum Gasteiger partial charge on any atom is 0.329 e. The molecule has 0 radical (unpaired) electrons. The Morgan fingerprint density at radius 1 is 1.24 bits per heavy atom. The molecule has 122 valence electrons. The molecule has 1 heterocycles. The van der Waals surface area contributed by atoms with Crippen LogP contribution in [0.1, 0.15) is 19.3 Å². The Morgan fingerprint density at radius 3 is 2.57 bits per heavy atom. The maximum absolute atomic E-state index is 11.8. The molecule has 21 heavy (non-hydrogen) atoms. The molecule has 1 saturated heterocycles. The number of nitrogens with one attached hydrogen (secondary N) is 2. The minimum atomic E-state index is -1.22. The van der Waals surface area contributed by atoms with E-state index in [0.29, 0.717) is 46.0 Å². The number of carbonyl (C=O) groups is 2. The van der Waals surface area contributed by atoms with Gasteiger partial charge in [-0.3, -0.25) is 0 Å². The molecule has 8 heteroatoms. The Bertz CT molecular complexity index is 331. The van der Waals surface area contributed by atoms with Gasteiger partial charge in [-0.1, -0.05) is 0 Å². The molecule has 3 N–H and O–H groups in total. The van der Waals surface area contributed by atoms with Gasteiger partial charge in [0.2, 0.25) is 0 Å². The van der Waals surface area contributed by atoms with Gasteiger partial charge >= 0.3 is 12.0 Å². The third-order valence-corrected chi connectivity index (χ3v) is 3.29. The van der Waals surface area contributed by atoms with Gasteiger partial charge < -0.3 is 30.0 Å². The fraction of sp³-hybridized carbons (Fsp3) is 0.846. The Hall–Kier alpha value is -1.38. The molecule has 0 atom stereocenters. The fourth-order valence-electron chi connectivity index (χ4n) is 1.99. The van der Waals surface area contributed by atoms with Crippen LogP contribution in [0, 0.1) is 0 Å². The van der Waals surface area contributed by atoms with Crippen LogP contribution in [0.5, 0.6) is 0 Å². The summed E-state index contributed by atoms with van der Waals surface area (Å²) in [7, 11) is 1.60. The molecular weight excluding hydrogens is 280 g/mol. The van der Waals surface area contributed by atoms with Crippen molar-refractivity contribution in [2.45, 2.75) is 24.8 Å². The van der Waals surface area contributed by atoms with Crippen molar-refractivity contribution in [3.8, 4) is 0 Å². The number of aliphatic carboxylic acids is 1. The van der Waals surface area contributed by atoms with Crippen molar-refractivity contribution in [2.24, 2.45) is 0 Å². The number of ether oxygens (including phenoxy) is 3. The first-order valence-electron chi connectivity index (χ1n) is 7.04. The third kappa shape index (κ3) is 6.28. The Kier molecular flexibility index (Phi) is 8.03. The van der Waals surface area contributed by atoms with Crippen LogP contribution in [0.25, 0.3) is 0 Å². The number of carboxylic acid groups (broad SMARTS) is 1. The van der Waals surface area contributed by atoms with Crippen LogP contribution in [0.3, 0.4) is 0 Å². The molecule has 1 fully saturated rings. The van der Waals surface area contributed by atoms with Gasteiger partial charge in [0.1, 0.15) is 5.54 Å². The summed E-state index contributed by atoms with van der Waals surface area (Å²) in [5.74, 6) is -1.02. The zero-order valence-corrected chi connectivity index (χ0v) is 12.4. The summed E-state index contributed by atoms with van der Waals surface area (Å²) >= 11 is 0. The fourth-order valence-corrected chi connectivity index (χ4v) is 1.99. The summed E-state index contributed by atoms with van der Waals surface area (Å²) in [6.45, 7) is 2.66. The molecule has 1 aliphatic rings. The molecule has 0 aromatic rings. The predicted octanol–water partition coefficient (Wildman–Crippen LogP) is -0.0275. The van der Waals surface area contributed by atoms with Gasteiger partial charge in [-0.15, -0.1) is 0 Å². The highest BCUT2D eigenvalue weighted by molar-refractivity contribution is 5.86. The topological polar surface area (TPSA) is 106 Å². The summed E-state index contributed by atoms with van der Waals surface area (Å²) in [5.41, 5.74) is -1.22. The van der Waals surface area contributed by atoms with Crippen LogP contribution in [0.2, 0.25) is 0 Å². The highest BCUT2D eigenvalue weighted by atomic mass is 16.5. The summed E-state index contributed by atoms with van der Waals surface area (Å²) in [4.78, 5) is 23.1. The van der Waals surface area contributed by atoms with Crippen LogP contribution in [0.15, 0.2) is 0 Å². The molecule has 1 aliphatic heterocycles. The molecule has 1 rings (SSSR count). The van der Waals surface area contributed by atoms with Crippen molar-refractivity contribution < 1.29 is 28.9 Å². The largest absolute Gasteiger partial charge is 0.480 e. The van der Waals surface area contributed by atoms with E-state index in [2.05, 4.69) is 10.6 Å². The van der Waals surface area contributed by atoms with Crippen molar-refractivity contribution in [1.29, 1.82) is 0 Å². The summed E-state index contributed by atoms with van der Waals surface area (Å²) in [6, 6.07) is -0.476. The van der Waals surface area contributed by atoms with Gasteiger partial charge in [-0.2, -0.15) is 0 Å². The van der Waals surface area contributed by atoms with Crippen LogP contribution in [0.4, 0.5) is 4.79 Å². The van der Waals surface area contributed by atoms with Gasteiger partial charge in [0.15, 0.2) is 0 Å². The number of amides is 2. The summed E-state index contributed by atoms with van der Waals surface area (Å²) < 4.78 is 15.2. The van der Waals surface area contributed by atoms with Gasteiger partial charge in [0.05, 0.1) is 13.2 Å². The normalized spacial score (nSPS) is 17.2. The average molecular weight is 304 g/mol. The van der Waals surface area contributed by atoms with Crippen molar-refractivity contribution >= 4 is 12.0 Å². The number of hydrogen-bond donors (Lipinski definition) is 3. The number of carboxylic acids is 1. The molecule has 0 spiro atoms. The number of urea groups is 1. The SMILES string of the molecule is COCCOCCCNC(=O)NC1(C(=O)O)CCOCC1. The molecule has 0 aromatic carbocycles. The number of methoxy groups -OCH3 is 1. The second-order valence-electron chi connectivity index (χ2n) is 4.84. The Morgan fingerprint density at radius 2 is 1.95 bits per heavy atom. The molecular formula is C13H24N2O6. The molecule has 2 amide bonds. The van der Waals surface area contributed by atoms with Gasteiger partial charge in [-0.25, -0.2) is 9.59 Å². The highest BCUT2D eigenvalue weighted by Gasteiger charge is 2.41. The lowest BCUT2D eigenvalue weighted by Gasteiger charge is -2.33. The second kappa shape index (κ2) is 9.54. The van der Waals surface area contributed by atoms with Crippen LogP contribution in [-0.4, -0.2) is 69.3 Å². The maximum atomic E-state index is 11.8. The minimum Gasteiger partial charge on any atom is -0.480 e.